The highest BCUT2D eigenvalue weighted by atomic mass is 16.5. The number of ether oxygens (including phenoxy) is 1. The normalized spacial score (nSPS) is 25.3. The van der Waals surface area contributed by atoms with Gasteiger partial charge in [-0.1, -0.05) is 12.8 Å². The van der Waals surface area contributed by atoms with E-state index in [1.165, 1.54) is 38.8 Å². The maximum Gasteiger partial charge on any atom is 0.119 e. The Morgan fingerprint density at radius 1 is 1.10 bits per heavy atom. The van der Waals surface area contributed by atoms with E-state index in [0.717, 1.165) is 37.2 Å². The van der Waals surface area contributed by atoms with Gasteiger partial charge in [-0.3, -0.25) is 0 Å². The molecule has 3 nitrogen and oxygen atoms in total. The van der Waals surface area contributed by atoms with Crippen LogP contribution >= 0.6 is 0 Å². The monoisotopic (exact) mass is 284 g/mol. The van der Waals surface area contributed by atoms with Crippen molar-refractivity contribution in [3.05, 3.63) is 29.8 Å². The molecule has 2 atom stereocenters. The summed E-state index contributed by atoms with van der Waals surface area (Å²) in [6, 6.07) is 9.49. The lowest BCUT2D eigenvalue weighted by molar-refractivity contribution is 0.257. The molecule has 1 aromatic rings. The zero-order valence-corrected chi connectivity index (χ0v) is 12.6. The van der Waals surface area contributed by atoms with Crippen LogP contribution in [0.25, 0.3) is 0 Å². The molecule has 0 aromatic heterocycles. The predicted octanol–water partition coefficient (Wildman–Crippen LogP) is 3.45. The van der Waals surface area contributed by atoms with Gasteiger partial charge >= 0.3 is 0 Å². The number of hydrogen-bond acceptors (Lipinski definition) is 3. The van der Waals surface area contributed by atoms with Crippen LogP contribution in [0.15, 0.2) is 24.3 Å². The second kappa shape index (κ2) is 6.95. The molecule has 2 fully saturated rings. The first kappa shape index (κ1) is 14.4. The summed E-state index contributed by atoms with van der Waals surface area (Å²) in [4.78, 5) is 2.63. The molecule has 1 saturated heterocycles. The van der Waals surface area contributed by atoms with Crippen LogP contribution in [0.3, 0.4) is 0 Å². The highest BCUT2D eigenvalue weighted by Gasteiger charge is 2.33. The fraction of sp³-hybridized carbons (Fsp3) is 0.611. The van der Waals surface area contributed by atoms with E-state index < -0.39 is 0 Å². The largest absolute Gasteiger partial charge is 0.494 e. The zero-order chi connectivity index (χ0) is 14.5. The van der Waals surface area contributed by atoms with Crippen molar-refractivity contribution >= 4 is 0 Å². The molecule has 1 heterocycles. The van der Waals surface area contributed by atoms with Gasteiger partial charge in [-0.15, -0.1) is 0 Å². The Bertz CT molecular complexity index is 477. The summed E-state index contributed by atoms with van der Waals surface area (Å²) in [5.74, 6) is 2.81. The highest BCUT2D eigenvalue weighted by Crippen LogP contribution is 2.35. The molecule has 0 amide bonds. The van der Waals surface area contributed by atoms with E-state index in [1.807, 2.05) is 12.1 Å². The van der Waals surface area contributed by atoms with Crippen LogP contribution in [0.2, 0.25) is 0 Å². The lowest BCUT2D eigenvalue weighted by Gasteiger charge is -2.23. The van der Waals surface area contributed by atoms with Crippen LogP contribution < -0.4 is 4.74 Å². The topological polar surface area (TPSA) is 36.3 Å². The quantitative estimate of drug-likeness (QED) is 0.777. The maximum absolute atomic E-state index is 8.76. The smallest absolute Gasteiger partial charge is 0.119 e. The van der Waals surface area contributed by atoms with E-state index >= 15 is 0 Å². The molecule has 112 valence electrons. The molecule has 0 radical (unpaired) electrons. The van der Waals surface area contributed by atoms with Crippen LogP contribution in [0, 0.1) is 23.2 Å². The number of fused-ring (bicyclic) bond motifs is 1. The summed E-state index contributed by atoms with van der Waals surface area (Å²) in [5, 5.41) is 8.76. The molecule has 1 aromatic carbocycles. The van der Waals surface area contributed by atoms with Crippen molar-refractivity contribution in [3.8, 4) is 11.8 Å². The molecule has 1 aliphatic carbocycles. The maximum atomic E-state index is 8.76. The van der Waals surface area contributed by atoms with Gasteiger partial charge in [0.1, 0.15) is 5.75 Å². The number of benzene rings is 1. The van der Waals surface area contributed by atoms with E-state index in [-0.39, 0.29) is 0 Å². The molecule has 2 aliphatic rings. The molecular weight excluding hydrogens is 260 g/mol. The molecule has 1 aliphatic heterocycles. The Balaban J connectivity index is 1.36. The average molecular weight is 284 g/mol. The van der Waals surface area contributed by atoms with Crippen LogP contribution in [0.4, 0.5) is 0 Å². The first-order valence-corrected chi connectivity index (χ1v) is 8.20. The summed E-state index contributed by atoms with van der Waals surface area (Å²) in [6.45, 7) is 4.53. The van der Waals surface area contributed by atoms with Gasteiger partial charge in [-0.25, -0.2) is 0 Å². The molecular formula is C18H24N2O. The van der Waals surface area contributed by atoms with E-state index in [2.05, 4.69) is 11.0 Å². The molecule has 3 heteroatoms. The number of rotatable bonds is 5. The molecule has 2 unspecified atom stereocenters. The number of likely N-dealkylation sites (tertiary alicyclic amines) is 1. The summed E-state index contributed by atoms with van der Waals surface area (Å²) < 4.78 is 5.75. The van der Waals surface area contributed by atoms with Crippen molar-refractivity contribution in [2.24, 2.45) is 11.8 Å². The van der Waals surface area contributed by atoms with Gasteiger partial charge in [0.15, 0.2) is 0 Å². The second-order valence-electron chi connectivity index (χ2n) is 6.40. The van der Waals surface area contributed by atoms with Crippen LogP contribution in [0.1, 0.15) is 37.7 Å². The molecule has 0 spiro atoms. The van der Waals surface area contributed by atoms with Crippen molar-refractivity contribution in [3.63, 3.8) is 0 Å². The number of nitrogens with zero attached hydrogens (tertiary/aromatic N) is 2. The van der Waals surface area contributed by atoms with Crippen LogP contribution in [0.5, 0.6) is 5.75 Å². The lowest BCUT2D eigenvalue weighted by atomic mass is 9.82. The Morgan fingerprint density at radius 2 is 1.76 bits per heavy atom. The lowest BCUT2D eigenvalue weighted by Crippen LogP contribution is -2.23. The molecule has 21 heavy (non-hydrogen) atoms. The van der Waals surface area contributed by atoms with E-state index in [9.17, 15) is 0 Å². The number of nitriles is 1. The fourth-order valence-corrected chi connectivity index (χ4v) is 3.79. The van der Waals surface area contributed by atoms with E-state index in [0.29, 0.717) is 5.56 Å². The standard InChI is InChI=1S/C18H24N2O/c19-12-15-6-8-18(9-7-15)21-11-3-10-20-13-16-4-1-2-5-17(16)14-20/h6-9,16-17H,1-5,10-11,13-14H2. The van der Waals surface area contributed by atoms with Crippen LogP contribution in [-0.4, -0.2) is 31.1 Å². The van der Waals surface area contributed by atoms with Gasteiger partial charge in [-0.2, -0.15) is 5.26 Å². The third-order valence-electron chi connectivity index (χ3n) is 4.92. The Kier molecular flexibility index (Phi) is 4.77. The van der Waals surface area contributed by atoms with Crippen molar-refractivity contribution in [1.29, 1.82) is 5.26 Å². The summed E-state index contributed by atoms with van der Waals surface area (Å²) in [5.41, 5.74) is 0.682. The third-order valence-corrected chi connectivity index (χ3v) is 4.92. The SMILES string of the molecule is N#Cc1ccc(OCCCN2CC3CCCCC3C2)cc1. The molecule has 3 rings (SSSR count). The first-order valence-electron chi connectivity index (χ1n) is 8.20. The third kappa shape index (κ3) is 3.77. The van der Waals surface area contributed by atoms with Crippen molar-refractivity contribution in [2.45, 2.75) is 32.1 Å². The molecule has 1 saturated carbocycles. The Morgan fingerprint density at radius 3 is 2.38 bits per heavy atom. The van der Waals surface area contributed by atoms with Gasteiger partial charge in [0, 0.05) is 19.6 Å². The van der Waals surface area contributed by atoms with E-state index in [4.69, 9.17) is 10.00 Å². The highest BCUT2D eigenvalue weighted by molar-refractivity contribution is 5.34. The minimum Gasteiger partial charge on any atom is -0.494 e. The minimum atomic E-state index is 0.682. The van der Waals surface area contributed by atoms with Crippen molar-refractivity contribution in [1.82, 2.24) is 4.90 Å². The second-order valence-corrected chi connectivity index (χ2v) is 6.40. The Labute approximate surface area is 127 Å². The van der Waals surface area contributed by atoms with Crippen molar-refractivity contribution in [2.75, 3.05) is 26.2 Å². The first-order chi connectivity index (χ1) is 10.3. The van der Waals surface area contributed by atoms with E-state index in [1.54, 1.807) is 12.1 Å². The summed E-state index contributed by atoms with van der Waals surface area (Å²) >= 11 is 0. The molecule has 0 bridgehead atoms. The van der Waals surface area contributed by atoms with Crippen LogP contribution in [-0.2, 0) is 0 Å². The average Bonchev–Trinajstić information content (AvgIpc) is 2.95. The summed E-state index contributed by atoms with van der Waals surface area (Å²) in [6.07, 6.45) is 6.86. The van der Waals surface area contributed by atoms with Gasteiger partial charge in [-0.05, 0) is 55.4 Å². The number of hydrogen-bond donors (Lipinski definition) is 0. The van der Waals surface area contributed by atoms with Gasteiger partial charge in [0.05, 0.1) is 18.2 Å². The van der Waals surface area contributed by atoms with Crippen molar-refractivity contribution < 1.29 is 4.74 Å². The fourth-order valence-electron chi connectivity index (χ4n) is 3.79. The zero-order valence-electron chi connectivity index (χ0n) is 12.6. The summed E-state index contributed by atoms with van der Waals surface area (Å²) in [7, 11) is 0. The van der Waals surface area contributed by atoms with Gasteiger partial charge in [0.25, 0.3) is 0 Å². The molecule has 0 N–H and O–H groups in total. The predicted molar refractivity (Wildman–Crippen MR) is 83.2 cm³/mol. The Hall–Kier alpha value is -1.53. The minimum absolute atomic E-state index is 0.682. The van der Waals surface area contributed by atoms with Gasteiger partial charge < -0.3 is 9.64 Å². The van der Waals surface area contributed by atoms with Gasteiger partial charge in [0.2, 0.25) is 0 Å².